The summed E-state index contributed by atoms with van der Waals surface area (Å²) >= 11 is 0. The second-order valence-corrected chi connectivity index (χ2v) is 6.25. The number of hydrogen-bond acceptors (Lipinski definition) is 7. The Morgan fingerprint density at radius 3 is 2.50 bits per heavy atom. The second-order valence-electron chi connectivity index (χ2n) is 6.25. The average molecular weight is 358 g/mol. The van der Waals surface area contributed by atoms with Crippen LogP contribution >= 0.6 is 0 Å². The Kier molecular flexibility index (Phi) is 6.16. The predicted molar refractivity (Wildman–Crippen MR) is 95.9 cm³/mol. The molecule has 1 heterocycles. The van der Waals surface area contributed by atoms with Crippen LogP contribution in [0.15, 0.2) is 42.8 Å². The number of carbonyl (C=O) groups is 1. The number of benzene rings is 1. The largest absolute Gasteiger partial charge is 0.503 e. The number of nitrogens with zero attached hydrogens (tertiary/aromatic N) is 2. The van der Waals surface area contributed by atoms with Gasteiger partial charge in [-0.3, -0.25) is 0 Å². The highest BCUT2D eigenvalue weighted by Crippen LogP contribution is 2.30. The van der Waals surface area contributed by atoms with Crippen molar-refractivity contribution in [1.82, 2.24) is 9.97 Å². The number of hydrogen-bond donors (Lipinski definition) is 0. The van der Waals surface area contributed by atoms with E-state index in [1.165, 1.54) is 26.7 Å². The third-order valence-electron chi connectivity index (χ3n) is 3.04. The highest BCUT2D eigenvalue weighted by atomic mass is 16.5. The first-order valence-electron chi connectivity index (χ1n) is 7.94. The van der Waals surface area contributed by atoms with E-state index in [2.05, 4.69) is 9.97 Å². The molecule has 2 rings (SSSR count). The van der Waals surface area contributed by atoms with Crippen molar-refractivity contribution >= 4 is 11.5 Å². The predicted octanol–water partition coefficient (Wildman–Crippen LogP) is 3.61. The minimum absolute atomic E-state index is 0.0980. The van der Waals surface area contributed by atoms with Gasteiger partial charge in [0.1, 0.15) is 16.9 Å². The maximum atomic E-state index is 12.0. The third kappa shape index (κ3) is 5.20. The lowest BCUT2D eigenvalue weighted by Gasteiger charge is -2.20. The maximum Gasteiger partial charge on any atom is 0.341 e. The van der Waals surface area contributed by atoms with Crippen LogP contribution in [0, 0.1) is 0 Å². The molecule has 0 saturated heterocycles. The van der Waals surface area contributed by atoms with Crippen LogP contribution in [0.4, 0.5) is 0 Å². The van der Waals surface area contributed by atoms with Gasteiger partial charge in [0, 0.05) is 17.8 Å². The van der Waals surface area contributed by atoms with Crippen LogP contribution in [-0.4, -0.2) is 35.8 Å². The Bertz CT molecular complexity index is 797. The number of ether oxygens (including phenoxy) is 4. The minimum atomic E-state index is -0.548. The van der Waals surface area contributed by atoms with Gasteiger partial charge in [0.05, 0.1) is 20.5 Å². The van der Waals surface area contributed by atoms with Gasteiger partial charge in [-0.2, -0.15) is 4.98 Å². The van der Waals surface area contributed by atoms with E-state index in [0.717, 1.165) is 0 Å². The molecule has 0 fully saturated rings. The van der Waals surface area contributed by atoms with Crippen LogP contribution in [0.2, 0.25) is 0 Å². The van der Waals surface area contributed by atoms with Crippen molar-refractivity contribution in [2.75, 3.05) is 14.2 Å². The van der Waals surface area contributed by atoms with Crippen LogP contribution in [0.25, 0.3) is 5.57 Å². The number of esters is 1. The van der Waals surface area contributed by atoms with E-state index >= 15 is 0 Å². The normalized spacial score (nSPS) is 11.7. The van der Waals surface area contributed by atoms with Gasteiger partial charge < -0.3 is 18.9 Å². The van der Waals surface area contributed by atoms with Crippen molar-refractivity contribution in [3.63, 3.8) is 0 Å². The molecule has 138 valence electrons. The topological polar surface area (TPSA) is 79.8 Å². The number of methoxy groups -OCH3 is 2. The molecule has 0 atom stereocenters. The lowest BCUT2D eigenvalue weighted by atomic mass is 10.1. The molecule has 0 aliphatic rings. The Labute approximate surface area is 152 Å². The molecule has 7 nitrogen and oxygen atoms in total. The molecule has 2 aromatic rings. The Hall–Kier alpha value is -3.09. The van der Waals surface area contributed by atoms with Crippen molar-refractivity contribution in [2.24, 2.45) is 0 Å². The molecule has 1 aromatic carbocycles. The Morgan fingerprint density at radius 1 is 1.12 bits per heavy atom. The monoisotopic (exact) mass is 358 g/mol. The fraction of sp³-hybridized carbons (Fsp3) is 0.316. The minimum Gasteiger partial charge on any atom is -0.503 e. The Morgan fingerprint density at radius 2 is 1.85 bits per heavy atom. The lowest BCUT2D eigenvalue weighted by Crippen LogP contribution is -2.23. The van der Waals surface area contributed by atoms with E-state index in [4.69, 9.17) is 18.9 Å². The quantitative estimate of drug-likeness (QED) is 0.443. The van der Waals surface area contributed by atoms with E-state index in [1.54, 1.807) is 30.3 Å². The zero-order valence-electron chi connectivity index (χ0n) is 15.5. The second kappa shape index (κ2) is 8.33. The fourth-order valence-electron chi connectivity index (χ4n) is 2.07. The summed E-state index contributed by atoms with van der Waals surface area (Å²) in [5.74, 6) is 0.225. The van der Waals surface area contributed by atoms with Crippen molar-refractivity contribution < 1.29 is 23.7 Å². The SMILES string of the molecule is CO/C=C(/C(=O)OC)c1ccccc1Oc1nccc(OC(C)(C)C)n1. The molecule has 0 N–H and O–H groups in total. The number of carbonyl (C=O) groups excluding carboxylic acids is 1. The molecular formula is C19H22N2O5. The van der Waals surface area contributed by atoms with Gasteiger partial charge in [-0.05, 0) is 26.8 Å². The van der Waals surface area contributed by atoms with Gasteiger partial charge in [-0.15, -0.1) is 0 Å². The summed E-state index contributed by atoms with van der Waals surface area (Å²) in [6.45, 7) is 5.76. The standard InChI is InChI=1S/C19H22N2O5/c1-19(2,3)26-16-10-11-20-18(21-16)25-15-9-7-6-8-13(15)14(12-23-4)17(22)24-5/h6-12H,1-5H3/b14-12+. The van der Waals surface area contributed by atoms with E-state index in [0.29, 0.717) is 17.2 Å². The summed E-state index contributed by atoms with van der Waals surface area (Å²) < 4.78 is 21.3. The third-order valence-corrected chi connectivity index (χ3v) is 3.04. The van der Waals surface area contributed by atoms with Gasteiger partial charge in [0.15, 0.2) is 0 Å². The van der Waals surface area contributed by atoms with Gasteiger partial charge >= 0.3 is 12.0 Å². The fourth-order valence-corrected chi connectivity index (χ4v) is 2.07. The van der Waals surface area contributed by atoms with Crippen molar-refractivity contribution in [3.8, 4) is 17.6 Å². The van der Waals surface area contributed by atoms with E-state index in [9.17, 15) is 4.79 Å². The van der Waals surface area contributed by atoms with Gasteiger partial charge in [0.25, 0.3) is 0 Å². The van der Waals surface area contributed by atoms with Gasteiger partial charge in [-0.1, -0.05) is 18.2 Å². The van der Waals surface area contributed by atoms with Crippen LogP contribution in [-0.2, 0) is 14.3 Å². The first-order valence-corrected chi connectivity index (χ1v) is 7.94. The number of para-hydroxylation sites is 1. The molecule has 0 unspecified atom stereocenters. The van der Waals surface area contributed by atoms with Crippen LogP contribution < -0.4 is 9.47 Å². The summed E-state index contributed by atoms with van der Waals surface area (Å²) in [5, 5.41) is 0. The molecule has 0 amide bonds. The smallest absolute Gasteiger partial charge is 0.341 e. The molecule has 1 aromatic heterocycles. The van der Waals surface area contributed by atoms with Crippen LogP contribution in [0.1, 0.15) is 26.3 Å². The molecule has 0 aliphatic carbocycles. The Balaban J connectivity index is 2.35. The van der Waals surface area contributed by atoms with E-state index in [-0.39, 0.29) is 11.6 Å². The molecule has 0 bridgehead atoms. The number of rotatable bonds is 6. The average Bonchev–Trinajstić information content (AvgIpc) is 2.58. The zero-order valence-corrected chi connectivity index (χ0v) is 15.5. The first kappa shape index (κ1) is 19.2. The zero-order chi connectivity index (χ0) is 19.2. The molecule has 7 heteroatoms. The highest BCUT2D eigenvalue weighted by Gasteiger charge is 2.19. The highest BCUT2D eigenvalue weighted by molar-refractivity contribution is 6.17. The summed E-state index contributed by atoms with van der Waals surface area (Å²) in [6.07, 6.45) is 2.84. The summed E-state index contributed by atoms with van der Waals surface area (Å²) in [6, 6.07) is 8.70. The molecule has 0 aliphatic heterocycles. The van der Waals surface area contributed by atoms with E-state index < -0.39 is 11.6 Å². The van der Waals surface area contributed by atoms with Crippen molar-refractivity contribution in [1.29, 1.82) is 0 Å². The van der Waals surface area contributed by atoms with Gasteiger partial charge in [0.2, 0.25) is 5.88 Å². The van der Waals surface area contributed by atoms with Gasteiger partial charge in [-0.25, -0.2) is 9.78 Å². The molecule has 0 saturated carbocycles. The van der Waals surface area contributed by atoms with Crippen LogP contribution in [0.5, 0.6) is 17.6 Å². The summed E-state index contributed by atoms with van der Waals surface area (Å²) in [5.41, 5.74) is 0.308. The first-order chi connectivity index (χ1) is 12.3. The van der Waals surface area contributed by atoms with Crippen molar-refractivity contribution in [2.45, 2.75) is 26.4 Å². The van der Waals surface area contributed by atoms with Crippen LogP contribution in [0.3, 0.4) is 0 Å². The molecule has 0 spiro atoms. The van der Waals surface area contributed by atoms with E-state index in [1.807, 2.05) is 20.8 Å². The summed E-state index contributed by atoms with van der Waals surface area (Å²) in [7, 11) is 2.74. The lowest BCUT2D eigenvalue weighted by molar-refractivity contribution is -0.133. The molecular weight excluding hydrogens is 336 g/mol. The number of aromatic nitrogens is 2. The maximum absolute atomic E-state index is 12.0. The molecule has 26 heavy (non-hydrogen) atoms. The summed E-state index contributed by atoms with van der Waals surface area (Å²) in [4.78, 5) is 20.4. The van der Waals surface area contributed by atoms with Crippen molar-refractivity contribution in [3.05, 3.63) is 48.4 Å². The molecule has 0 radical (unpaired) electrons.